The SMILES string of the molecule is CCSC1CCCC1Nc1ccc(S(N)(=O)=O)cc1N. The second-order valence-corrected chi connectivity index (χ2v) is 8.05. The van der Waals surface area contributed by atoms with Crippen molar-refractivity contribution in [1.82, 2.24) is 0 Å². The third-order valence-electron chi connectivity index (χ3n) is 3.53. The lowest BCUT2D eigenvalue weighted by molar-refractivity contribution is 0.598. The van der Waals surface area contributed by atoms with Gasteiger partial charge >= 0.3 is 0 Å². The first-order valence-electron chi connectivity index (χ1n) is 6.72. The largest absolute Gasteiger partial charge is 0.397 e. The molecule has 2 rings (SSSR count). The van der Waals surface area contributed by atoms with Gasteiger partial charge in [-0.15, -0.1) is 0 Å². The first-order chi connectivity index (χ1) is 9.41. The van der Waals surface area contributed by atoms with Crippen LogP contribution in [0.3, 0.4) is 0 Å². The minimum Gasteiger partial charge on any atom is -0.397 e. The molecule has 1 saturated carbocycles. The van der Waals surface area contributed by atoms with Crippen molar-refractivity contribution in [2.45, 2.75) is 42.4 Å². The molecule has 0 spiro atoms. The van der Waals surface area contributed by atoms with Crippen molar-refractivity contribution in [2.24, 2.45) is 5.14 Å². The van der Waals surface area contributed by atoms with Crippen LogP contribution in [0.15, 0.2) is 23.1 Å². The average molecular weight is 315 g/mol. The van der Waals surface area contributed by atoms with Crippen LogP contribution >= 0.6 is 11.8 Å². The Kier molecular flexibility index (Phi) is 4.82. The Labute approximate surface area is 124 Å². The lowest BCUT2D eigenvalue weighted by atomic mass is 10.2. The summed E-state index contributed by atoms with van der Waals surface area (Å²) in [6, 6.07) is 4.99. The van der Waals surface area contributed by atoms with Crippen molar-refractivity contribution in [3.05, 3.63) is 18.2 Å². The molecule has 0 radical (unpaired) electrons. The molecular weight excluding hydrogens is 294 g/mol. The number of primary sulfonamides is 1. The lowest BCUT2D eigenvalue weighted by Crippen LogP contribution is -2.26. The number of benzene rings is 1. The van der Waals surface area contributed by atoms with Crippen molar-refractivity contribution in [3.63, 3.8) is 0 Å². The summed E-state index contributed by atoms with van der Waals surface area (Å²) in [5.41, 5.74) is 7.13. The van der Waals surface area contributed by atoms with Crippen molar-refractivity contribution >= 4 is 33.2 Å². The molecule has 0 aliphatic heterocycles. The highest BCUT2D eigenvalue weighted by Crippen LogP contribution is 2.33. The lowest BCUT2D eigenvalue weighted by Gasteiger charge is -2.22. The third-order valence-corrected chi connectivity index (χ3v) is 5.76. The highest BCUT2D eigenvalue weighted by Gasteiger charge is 2.27. The molecular formula is C13H21N3O2S2. The molecule has 1 aromatic rings. The van der Waals surface area contributed by atoms with Crippen LogP contribution < -0.4 is 16.2 Å². The fraction of sp³-hybridized carbons (Fsp3) is 0.538. The number of sulfonamides is 1. The van der Waals surface area contributed by atoms with Crippen LogP contribution in [0.2, 0.25) is 0 Å². The Morgan fingerprint density at radius 1 is 1.40 bits per heavy atom. The molecule has 1 aromatic carbocycles. The van der Waals surface area contributed by atoms with E-state index in [1.54, 1.807) is 6.07 Å². The molecule has 5 N–H and O–H groups in total. The standard InChI is InChI=1S/C13H21N3O2S2/c1-2-19-13-5-3-4-12(13)16-11-7-6-9(8-10(11)14)20(15,17)18/h6-8,12-13,16H,2-5,14H2,1H3,(H2,15,17,18). The summed E-state index contributed by atoms with van der Waals surface area (Å²) in [6.45, 7) is 2.16. The molecule has 0 amide bonds. The van der Waals surface area contributed by atoms with Crippen molar-refractivity contribution in [1.29, 1.82) is 0 Å². The Morgan fingerprint density at radius 2 is 2.15 bits per heavy atom. The van der Waals surface area contributed by atoms with E-state index in [4.69, 9.17) is 10.9 Å². The average Bonchev–Trinajstić information content (AvgIpc) is 2.78. The zero-order chi connectivity index (χ0) is 14.8. The van der Waals surface area contributed by atoms with E-state index >= 15 is 0 Å². The van der Waals surface area contributed by atoms with Gasteiger partial charge in [-0.2, -0.15) is 11.8 Å². The van der Waals surface area contributed by atoms with Crippen LogP contribution in [0, 0.1) is 0 Å². The molecule has 0 heterocycles. The molecule has 20 heavy (non-hydrogen) atoms. The fourth-order valence-corrected chi connectivity index (χ4v) is 4.30. The molecule has 1 aliphatic carbocycles. The number of hydrogen-bond donors (Lipinski definition) is 3. The zero-order valence-electron chi connectivity index (χ0n) is 11.5. The quantitative estimate of drug-likeness (QED) is 0.722. The fourth-order valence-electron chi connectivity index (χ4n) is 2.55. The molecule has 2 atom stereocenters. The highest BCUT2D eigenvalue weighted by atomic mass is 32.2. The van der Waals surface area contributed by atoms with Gasteiger partial charge in [0.25, 0.3) is 0 Å². The van der Waals surface area contributed by atoms with Gasteiger partial charge in [0.1, 0.15) is 0 Å². The Bertz CT molecular complexity index is 575. The number of anilines is 2. The van der Waals surface area contributed by atoms with Gasteiger partial charge in [-0.05, 0) is 36.8 Å². The Morgan fingerprint density at radius 3 is 2.75 bits per heavy atom. The number of thioether (sulfide) groups is 1. The second-order valence-electron chi connectivity index (χ2n) is 4.97. The maximum Gasteiger partial charge on any atom is 0.238 e. The molecule has 5 nitrogen and oxygen atoms in total. The van der Waals surface area contributed by atoms with E-state index in [9.17, 15) is 8.42 Å². The maximum atomic E-state index is 11.3. The highest BCUT2D eigenvalue weighted by molar-refractivity contribution is 7.99. The monoisotopic (exact) mass is 315 g/mol. The summed E-state index contributed by atoms with van der Waals surface area (Å²) in [7, 11) is -3.70. The minimum absolute atomic E-state index is 0.0476. The molecule has 1 fully saturated rings. The van der Waals surface area contributed by atoms with E-state index in [2.05, 4.69) is 12.2 Å². The van der Waals surface area contributed by atoms with E-state index in [1.165, 1.54) is 25.0 Å². The Hall–Kier alpha value is -0.920. The van der Waals surface area contributed by atoms with Crippen LogP contribution in [0.25, 0.3) is 0 Å². The van der Waals surface area contributed by atoms with E-state index in [0.29, 0.717) is 17.0 Å². The van der Waals surface area contributed by atoms with Crippen LogP contribution in [0.1, 0.15) is 26.2 Å². The van der Waals surface area contributed by atoms with Gasteiger partial charge < -0.3 is 11.1 Å². The predicted molar refractivity (Wildman–Crippen MR) is 85.4 cm³/mol. The Balaban J connectivity index is 2.14. The van der Waals surface area contributed by atoms with Gasteiger partial charge in [0, 0.05) is 11.3 Å². The molecule has 0 aromatic heterocycles. The number of nitrogen functional groups attached to an aromatic ring is 1. The first kappa shape index (κ1) is 15.5. The predicted octanol–water partition coefficient (Wildman–Crippen LogP) is 2.00. The number of hydrogen-bond acceptors (Lipinski definition) is 5. The van der Waals surface area contributed by atoms with Gasteiger partial charge in [0.05, 0.1) is 16.3 Å². The normalized spacial score (nSPS) is 22.9. The van der Waals surface area contributed by atoms with Gasteiger partial charge in [0.2, 0.25) is 10.0 Å². The minimum atomic E-state index is -3.70. The van der Waals surface area contributed by atoms with Gasteiger partial charge in [-0.25, -0.2) is 13.6 Å². The van der Waals surface area contributed by atoms with E-state index in [0.717, 1.165) is 17.9 Å². The number of nitrogens with one attached hydrogen (secondary N) is 1. The van der Waals surface area contributed by atoms with Crippen LogP contribution in [0.4, 0.5) is 11.4 Å². The summed E-state index contributed by atoms with van der Waals surface area (Å²) in [5, 5.41) is 9.13. The molecule has 112 valence electrons. The van der Waals surface area contributed by atoms with E-state index in [1.807, 2.05) is 11.8 Å². The smallest absolute Gasteiger partial charge is 0.238 e. The molecule has 1 aliphatic rings. The van der Waals surface area contributed by atoms with Crippen molar-refractivity contribution in [3.8, 4) is 0 Å². The van der Waals surface area contributed by atoms with E-state index < -0.39 is 10.0 Å². The first-order valence-corrected chi connectivity index (χ1v) is 9.31. The number of rotatable bonds is 5. The summed E-state index contributed by atoms with van der Waals surface area (Å²) in [4.78, 5) is 0.0476. The van der Waals surface area contributed by atoms with Crippen molar-refractivity contribution in [2.75, 3.05) is 16.8 Å². The summed E-state index contributed by atoms with van der Waals surface area (Å²) in [6.07, 6.45) is 3.55. The van der Waals surface area contributed by atoms with Gasteiger partial charge in [-0.3, -0.25) is 0 Å². The topological polar surface area (TPSA) is 98.2 Å². The zero-order valence-corrected chi connectivity index (χ0v) is 13.1. The molecule has 2 unspecified atom stereocenters. The van der Waals surface area contributed by atoms with Crippen LogP contribution in [-0.2, 0) is 10.0 Å². The van der Waals surface area contributed by atoms with Crippen molar-refractivity contribution < 1.29 is 8.42 Å². The second kappa shape index (κ2) is 6.24. The van der Waals surface area contributed by atoms with Crippen LogP contribution in [0.5, 0.6) is 0 Å². The third kappa shape index (κ3) is 3.59. The summed E-state index contributed by atoms with van der Waals surface area (Å²) in [5.74, 6) is 1.10. The molecule has 0 saturated heterocycles. The summed E-state index contributed by atoms with van der Waals surface area (Å²) >= 11 is 1.96. The maximum absolute atomic E-state index is 11.3. The summed E-state index contributed by atoms with van der Waals surface area (Å²) < 4.78 is 22.6. The molecule has 0 bridgehead atoms. The van der Waals surface area contributed by atoms with Crippen LogP contribution in [-0.4, -0.2) is 25.5 Å². The molecule has 7 heteroatoms. The van der Waals surface area contributed by atoms with E-state index in [-0.39, 0.29) is 4.90 Å². The van der Waals surface area contributed by atoms with Gasteiger partial charge in [-0.1, -0.05) is 13.3 Å². The van der Waals surface area contributed by atoms with Gasteiger partial charge in [0.15, 0.2) is 0 Å². The number of nitrogens with two attached hydrogens (primary N) is 2.